The lowest BCUT2D eigenvalue weighted by Crippen LogP contribution is -2.20. The maximum Gasteiger partial charge on any atom is 0.265 e. The number of aldehydes is 1. The topological polar surface area (TPSA) is 53.2 Å². The van der Waals surface area contributed by atoms with E-state index in [-0.39, 0.29) is 5.56 Å². The fraction of sp³-hybridized carbons (Fsp3) is 0.176. The molecular weight excluding hydrogens is 280 g/mol. The van der Waals surface area contributed by atoms with E-state index in [0.717, 1.165) is 17.4 Å². The monoisotopic (exact) mass is 296 g/mol. The van der Waals surface area contributed by atoms with Gasteiger partial charge in [-0.15, -0.1) is 0 Å². The van der Waals surface area contributed by atoms with Crippen molar-refractivity contribution in [3.8, 4) is 11.4 Å². The number of carbonyl (C=O) groups excluding carboxylic acids is 1. The summed E-state index contributed by atoms with van der Waals surface area (Å²) in [5.41, 5.74) is 2.51. The van der Waals surface area contributed by atoms with Gasteiger partial charge in [0.15, 0.2) is 6.29 Å². The largest absolute Gasteiger partial charge is 0.495 e. The highest BCUT2D eigenvalue weighted by molar-refractivity contribution is 5.98. The number of para-hydroxylation sites is 2. The van der Waals surface area contributed by atoms with Gasteiger partial charge in [0.2, 0.25) is 0 Å². The van der Waals surface area contributed by atoms with Crippen LogP contribution in [0.4, 0.5) is 0 Å². The van der Waals surface area contributed by atoms with Crippen LogP contribution in [0.2, 0.25) is 0 Å². The summed E-state index contributed by atoms with van der Waals surface area (Å²) < 4.78 is 8.67. The second-order valence-electron chi connectivity index (χ2n) is 5.20. The Morgan fingerprint density at radius 3 is 2.59 bits per heavy atom. The summed E-state index contributed by atoms with van der Waals surface area (Å²) in [6, 6.07) is 7.30. The van der Waals surface area contributed by atoms with Crippen molar-refractivity contribution in [3.63, 3.8) is 0 Å². The number of benzene rings is 1. The van der Waals surface area contributed by atoms with E-state index in [1.54, 1.807) is 25.6 Å². The molecule has 0 N–H and O–H groups in total. The minimum absolute atomic E-state index is 0.229. The van der Waals surface area contributed by atoms with Gasteiger partial charge < -0.3 is 9.30 Å². The predicted octanol–water partition coefficient (Wildman–Crippen LogP) is 2.46. The zero-order chi connectivity index (χ0) is 15.9. The Hall–Kier alpha value is -2.82. The average Bonchev–Trinajstić information content (AvgIpc) is 2.88. The van der Waals surface area contributed by atoms with Crippen LogP contribution in [-0.2, 0) is 7.05 Å². The van der Waals surface area contributed by atoms with Crippen molar-refractivity contribution < 1.29 is 9.53 Å². The summed E-state index contributed by atoms with van der Waals surface area (Å²) in [5, 5.41) is 0.434. The van der Waals surface area contributed by atoms with Crippen LogP contribution < -0.4 is 10.3 Å². The van der Waals surface area contributed by atoms with E-state index >= 15 is 0 Å². The maximum absolute atomic E-state index is 12.9. The molecule has 0 atom stereocenters. The molecule has 1 aromatic carbocycles. The van der Waals surface area contributed by atoms with Gasteiger partial charge in [0.25, 0.3) is 5.56 Å². The standard InChI is InChI=1S/C17H16N2O3/c1-11-8-19(13-6-4-5-7-14(13)22-3)17(21)15-12(10-20)9-18(2)16(11)15/h4-10H,1-3H3. The SMILES string of the molecule is COc1ccccc1-n1cc(C)c2c(c(C=O)cn2C)c1=O. The Kier molecular flexibility index (Phi) is 3.33. The van der Waals surface area contributed by atoms with E-state index in [1.807, 2.05) is 36.7 Å². The molecule has 0 bridgehead atoms. The Bertz CT molecular complexity index is 935. The van der Waals surface area contributed by atoms with Gasteiger partial charge in [-0.2, -0.15) is 0 Å². The molecule has 3 aromatic rings. The first-order valence-corrected chi connectivity index (χ1v) is 6.88. The summed E-state index contributed by atoms with van der Waals surface area (Å²) in [6.07, 6.45) is 4.17. The lowest BCUT2D eigenvalue weighted by molar-refractivity contribution is 0.112. The van der Waals surface area contributed by atoms with Crippen LogP contribution in [-0.4, -0.2) is 22.5 Å². The summed E-state index contributed by atoms with van der Waals surface area (Å²) in [5.74, 6) is 0.604. The van der Waals surface area contributed by atoms with Crippen molar-refractivity contribution in [2.24, 2.45) is 7.05 Å². The molecule has 0 saturated carbocycles. The molecule has 0 amide bonds. The van der Waals surface area contributed by atoms with Gasteiger partial charge in [-0.3, -0.25) is 14.2 Å². The normalized spacial score (nSPS) is 10.9. The van der Waals surface area contributed by atoms with E-state index in [4.69, 9.17) is 4.74 Å². The van der Waals surface area contributed by atoms with Crippen molar-refractivity contribution >= 4 is 17.2 Å². The molecule has 0 aliphatic rings. The molecule has 2 heterocycles. The quantitative estimate of drug-likeness (QED) is 0.698. The van der Waals surface area contributed by atoms with Crippen molar-refractivity contribution in [2.75, 3.05) is 7.11 Å². The molecule has 0 aliphatic carbocycles. The number of methoxy groups -OCH3 is 1. The number of pyridine rings is 1. The summed E-state index contributed by atoms with van der Waals surface area (Å²) in [6.45, 7) is 1.92. The molecule has 112 valence electrons. The van der Waals surface area contributed by atoms with Gasteiger partial charge in [0.1, 0.15) is 5.75 Å². The molecule has 0 saturated heterocycles. The first-order chi connectivity index (χ1) is 10.6. The number of rotatable bonds is 3. The molecule has 0 fully saturated rings. The molecule has 0 radical (unpaired) electrons. The van der Waals surface area contributed by atoms with Crippen molar-refractivity contribution in [2.45, 2.75) is 6.92 Å². The van der Waals surface area contributed by atoms with Crippen LogP contribution in [0.1, 0.15) is 15.9 Å². The number of nitrogens with zero attached hydrogens (tertiary/aromatic N) is 2. The zero-order valence-electron chi connectivity index (χ0n) is 12.7. The van der Waals surface area contributed by atoms with Crippen LogP contribution in [0, 0.1) is 6.92 Å². The van der Waals surface area contributed by atoms with Gasteiger partial charge >= 0.3 is 0 Å². The molecule has 0 unspecified atom stereocenters. The lowest BCUT2D eigenvalue weighted by Gasteiger charge is -2.12. The number of carbonyl (C=O) groups is 1. The average molecular weight is 296 g/mol. The molecule has 5 nitrogen and oxygen atoms in total. The minimum atomic E-state index is -0.229. The second-order valence-corrected chi connectivity index (χ2v) is 5.20. The summed E-state index contributed by atoms with van der Waals surface area (Å²) >= 11 is 0. The molecule has 2 aromatic heterocycles. The third kappa shape index (κ3) is 1.94. The number of aryl methyl sites for hydroxylation is 2. The van der Waals surface area contributed by atoms with E-state index in [1.165, 1.54) is 4.57 Å². The first kappa shape index (κ1) is 14.1. The predicted molar refractivity (Wildman–Crippen MR) is 85.2 cm³/mol. The number of ether oxygens (including phenoxy) is 1. The number of aromatic nitrogens is 2. The van der Waals surface area contributed by atoms with Gasteiger partial charge in [-0.1, -0.05) is 12.1 Å². The third-order valence-corrected chi connectivity index (χ3v) is 3.81. The van der Waals surface area contributed by atoms with Crippen LogP contribution in [0.25, 0.3) is 16.6 Å². The zero-order valence-corrected chi connectivity index (χ0v) is 12.7. The molecular formula is C17H16N2O3. The minimum Gasteiger partial charge on any atom is -0.495 e. The van der Waals surface area contributed by atoms with Crippen LogP contribution in [0.3, 0.4) is 0 Å². The first-order valence-electron chi connectivity index (χ1n) is 6.88. The summed E-state index contributed by atoms with van der Waals surface area (Å²) in [7, 11) is 3.39. The highest BCUT2D eigenvalue weighted by Gasteiger charge is 2.16. The lowest BCUT2D eigenvalue weighted by atomic mass is 10.1. The second kappa shape index (κ2) is 5.18. The van der Waals surface area contributed by atoms with Crippen LogP contribution in [0.5, 0.6) is 5.75 Å². The van der Waals surface area contributed by atoms with E-state index in [9.17, 15) is 9.59 Å². The molecule has 0 spiro atoms. The highest BCUT2D eigenvalue weighted by Crippen LogP contribution is 2.24. The van der Waals surface area contributed by atoms with Gasteiger partial charge in [-0.05, 0) is 24.6 Å². The Morgan fingerprint density at radius 1 is 1.18 bits per heavy atom. The van der Waals surface area contributed by atoms with Gasteiger partial charge in [0.05, 0.1) is 23.7 Å². The maximum atomic E-state index is 12.9. The summed E-state index contributed by atoms with van der Waals surface area (Å²) in [4.78, 5) is 24.2. The fourth-order valence-corrected chi connectivity index (χ4v) is 2.88. The van der Waals surface area contributed by atoms with E-state index < -0.39 is 0 Å². The molecule has 22 heavy (non-hydrogen) atoms. The van der Waals surface area contributed by atoms with Crippen molar-refractivity contribution in [3.05, 3.63) is 58.1 Å². The Morgan fingerprint density at radius 2 is 1.91 bits per heavy atom. The number of fused-ring (bicyclic) bond motifs is 1. The number of hydrogen-bond donors (Lipinski definition) is 0. The smallest absolute Gasteiger partial charge is 0.265 e. The van der Waals surface area contributed by atoms with Gasteiger partial charge in [-0.25, -0.2) is 0 Å². The Labute approximate surface area is 127 Å². The van der Waals surface area contributed by atoms with E-state index in [0.29, 0.717) is 22.4 Å². The van der Waals surface area contributed by atoms with E-state index in [2.05, 4.69) is 0 Å². The van der Waals surface area contributed by atoms with Crippen LogP contribution >= 0.6 is 0 Å². The number of hydrogen-bond acceptors (Lipinski definition) is 3. The fourth-order valence-electron chi connectivity index (χ4n) is 2.88. The Balaban J connectivity index is 2.45. The molecule has 5 heteroatoms. The molecule has 0 aliphatic heterocycles. The van der Waals surface area contributed by atoms with Crippen molar-refractivity contribution in [1.82, 2.24) is 9.13 Å². The van der Waals surface area contributed by atoms with Crippen molar-refractivity contribution in [1.29, 1.82) is 0 Å². The third-order valence-electron chi connectivity index (χ3n) is 3.81. The van der Waals surface area contributed by atoms with Crippen LogP contribution in [0.15, 0.2) is 41.5 Å². The highest BCUT2D eigenvalue weighted by atomic mass is 16.5. The molecule has 3 rings (SSSR count). The van der Waals surface area contributed by atoms with Gasteiger partial charge in [0, 0.05) is 25.0 Å².